The second kappa shape index (κ2) is 8.28. The number of unbranched alkanes of at least 4 members (excludes halogenated alkanes) is 6. The predicted octanol–water partition coefficient (Wildman–Crippen LogP) is 6.34. The maximum Gasteiger partial charge on any atom is 0.146 e. The highest BCUT2D eigenvalue weighted by atomic mass is 14.2. The molecule has 2 rings (SSSR count). The molecule has 2 saturated heterocycles. The fourth-order valence-electron chi connectivity index (χ4n) is 4.62. The summed E-state index contributed by atoms with van der Waals surface area (Å²) in [6, 6.07) is 0. The summed E-state index contributed by atoms with van der Waals surface area (Å²) in [5, 5.41) is 0. The Kier molecular flexibility index (Phi) is 6.66. The van der Waals surface area contributed by atoms with Crippen LogP contribution in [0.4, 0.5) is 0 Å². The van der Waals surface area contributed by atoms with Crippen LogP contribution in [0.5, 0.6) is 0 Å². The molecule has 2 heterocycles. The van der Waals surface area contributed by atoms with Crippen LogP contribution in [0.2, 0.25) is 18.0 Å². The monoisotopic (exact) mass is 248 g/mol. The summed E-state index contributed by atoms with van der Waals surface area (Å²) in [5.74, 6) is 2.27. The Balaban J connectivity index is 1.55. The third-order valence-corrected chi connectivity index (χ3v) is 5.65. The third kappa shape index (κ3) is 4.32. The number of fused-ring (bicyclic) bond motifs is 2. The van der Waals surface area contributed by atoms with E-state index in [1.165, 1.54) is 44.9 Å². The molecule has 0 saturated carbocycles. The zero-order valence-corrected chi connectivity index (χ0v) is 12.6. The molecular formula is C17H33B. The van der Waals surface area contributed by atoms with E-state index in [0.29, 0.717) is 0 Å². The zero-order chi connectivity index (χ0) is 12.6. The molecule has 0 radical (unpaired) electrons. The highest BCUT2D eigenvalue weighted by Crippen LogP contribution is 2.48. The molecule has 0 aliphatic carbocycles. The Morgan fingerprint density at radius 1 is 0.722 bits per heavy atom. The van der Waals surface area contributed by atoms with Crippen molar-refractivity contribution in [3.8, 4) is 0 Å². The smallest absolute Gasteiger partial charge is 0.0737 e. The topological polar surface area (TPSA) is 0 Å². The lowest BCUT2D eigenvalue weighted by Crippen LogP contribution is -2.34. The Morgan fingerprint density at radius 3 is 1.78 bits per heavy atom. The number of hydrogen-bond acceptors (Lipinski definition) is 0. The first kappa shape index (κ1) is 14.5. The van der Waals surface area contributed by atoms with Gasteiger partial charge in [0.2, 0.25) is 0 Å². The molecule has 0 aromatic heterocycles. The Labute approximate surface area is 115 Å². The molecule has 1 heteroatoms. The van der Waals surface area contributed by atoms with Gasteiger partial charge in [0.1, 0.15) is 6.71 Å². The molecule has 2 aliphatic heterocycles. The van der Waals surface area contributed by atoms with Gasteiger partial charge in [-0.25, -0.2) is 0 Å². The van der Waals surface area contributed by atoms with Gasteiger partial charge in [-0.15, -0.1) is 0 Å². The lowest BCUT2D eigenvalue weighted by Gasteiger charge is -2.40. The van der Waals surface area contributed by atoms with Crippen molar-refractivity contribution in [1.82, 2.24) is 0 Å². The van der Waals surface area contributed by atoms with Crippen LogP contribution in [0.3, 0.4) is 0 Å². The largest absolute Gasteiger partial charge is 0.146 e. The summed E-state index contributed by atoms with van der Waals surface area (Å²) in [6.45, 7) is 3.45. The van der Waals surface area contributed by atoms with Gasteiger partial charge in [-0.1, -0.05) is 108 Å². The van der Waals surface area contributed by atoms with Crippen molar-refractivity contribution >= 4 is 6.71 Å². The fraction of sp³-hybridized carbons (Fsp3) is 1.00. The predicted molar refractivity (Wildman–Crippen MR) is 83.8 cm³/mol. The van der Waals surface area contributed by atoms with Crippen LogP contribution in [-0.4, -0.2) is 6.71 Å². The standard InChI is InChI=1S/C17H33B/c1-2-3-4-5-6-7-8-15-18-16-11-9-12-17(18)14-10-13-16/h16-17H,2-15H2,1H3. The maximum atomic E-state index is 2.31. The van der Waals surface area contributed by atoms with Crippen LogP contribution in [0, 0.1) is 0 Å². The van der Waals surface area contributed by atoms with Gasteiger partial charge in [0, 0.05) is 0 Å². The van der Waals surface area contributed by atoms with E-state index in [-0.39, 0.29) is 0 Å². The molecule has 0 spiro atoms. The molecule has 2 aliphatic rings. The van der Waals surface area contributed by atoms with E-state index in [4.69, 9.17) is 0 Å². The van der Waals surface area contributed by atoms with Gasteiger partial charge >= 0.3 is 0 Å². The molecule has 2 bridgehead atoms. The van der Waals surface area contributed by atoms with Gasteiger partial charge in [-0.2, -0.15) is 0 Å². The van der Waals surface area contributed by atoms with Gasteiger partial charge in [0.15, 0.2) is 0 Å². The highest BCUT2D eigenvalue weighted by molar-refractivity contribution is 6.62. The Hall–Kier alpha value is 0.0649. The normalized spacial score (nSPS) is 27.5. The van der Waals surface area contributed by atoms with Crippen molar-refractivity contribution in [2.75, 3.05) is 0 Å². The quantitative estimate of drug-likeness (QED) is 0.347. The molecule has 0 atom stereocenters. The van der Waals surface area contributed by atoms with Crippen molar-refractivity contribution in [1.29, 1.82) is 0 Å². The van der Waals surface area contributed by atoms with Gasteiger partial charge in [0.05, 0.1) is 0 Å². The van der Waals surface area contributed by atoms with Crippen molar-refractivity contribution in [3.63, 3.8) is 0 Å². The van der Waals surface area contributed by atoms with E-state index in [1.807, 2.05) is 0 Å². The summed E-state index contributed by atoms with van der Waals surface area (Å²) >= 11 is 0. The lowest BCUT2D eigenvalue weighted by molar-refractivity contribution is 0.439. The lowest BCUT2D eigenvalue weighted by atomic mass is 9.26. The molecule has 0 N–H and O–H groups in total. The van der Waals surface area contributed by atoms with E-state index in [2.05, 4.69) is 6.92 Å². The first-order chi connectivity index (χ1) is 8.92. The SMILES string of the molecule is CCCCCCCCCB1C2CCCC1CCC2. The summed E-state index contributed by atoms with van der Waals surface area (Å²) in [7, 11) is 0. The van der Waals surface area contributed by atoms with E-state index in [1.54, 1.807) is 44.8 Å². The number of hydrogen-bond donors (Lipinski definition) is 0. The van der Waals surface area contributed by atoms with Crippen LogP contribution in [0.1, 0.15) is 90.4 Å². The van der Waals surface area contributed by atoms with Crippen LogP contribution < -0.4 is 0 Å². The van der Waals surface area contributed by atoms with Crippen LogP contribution >= 0.6 is 0 Å². The van der Waals surface area contributed by atoms with Crippen molar-refractivity contribution in [2.45, 2.75) is 108 Å². The second-order valence-corrected chi connectivity index (χ2v) is 6.96. The molecule has 0 aromatic rings. The Morgan fingerprint density at radius 2 is 1.22 bits per heavy atom. The van der Waals surface area contributed by atoms with Gasteiger partial charge in [0.25, 0.3) is 0 Å². The summed E-state index contributed by atoms with van der Waals surface area (Å²) < 4.78 is 0. The van der Waals surface area contributed by atoms with Gasteiger partial charge in [-0.3, -0.25) is 0 Å². The van der Waals surface area contributed by atoms with Crippen LogP contribution in [-0.2, 0) is 0 Å². The highest BCUT2D eigenvalue weighted by Gasteiger charge is 2.37. The van der Waals surface area contributed by atoms with Crippen molar-refractivity contribution < 1.29 is 0 Å². The minimum Gasteiger partial charge on any atom is -0.0737 e. The molecular weight excluding hydrogens is 215 g/mol. The summed E-state index contributed by atoms with van der Waals surface area (Å²) in [6.07, 6.45) is 21.3. The number of rotatable bonds is 8. The molecule has 0 unspecified atom stereocenters. The van der Waals surface area contributed by atoms with E-state index < -0.39 is 0 Å². The Bertz CT molecular complexity index is 192. The van der Waals surface area contributed by atoms with Gasteiger partial charge < -0.3 is 0 Å². The minimum absolute atomic E-state index is 1.14. The minimum atomic E-state index is 1.14. The van der Waals surface area contributed by atoms with Crippen molar-refractivity contribution in [2.24, 2.45) is 0 Å². The van der Waals surface area contributed by atoms with Crippen molar-refractivity contribution in [3.05, 3.63) is 0 Å². The summed E-state index contributed by atoms with van der Waals surface area (Å²) in [4.78, 5) is 0. The molecule has 18 heavy (non-hydrogen) atoms. The summed E-state index contributed by atoms with van der Waals surface area (Å²) in [5.41, 5.74) is 0. The molecule has 0 nitrogen and oxygen atoms in total. The van der Waals surface area contributed by atoms with E-state index in [9.17, 15) is 0 Å². The molecule has 104 valence electrons. The van der Waals surface area contributed by atoms with Crippen LogP contribution in [0.15, 0.2) is 0 Å². The van der Waals surface area contributed by atoms with Gasteiger partial charge in [-0.05, 0) is 0 Å². The first-order valence-electron chi connectivity index (χ1n) is 8.92. The molecule has 2 fully saturated rings. The van der Waals surface area contributed by atoms with Crippen LogP contribution in [0.25, 0.3) is 0 Å². The van der Waals surface area contributed by atoms with E-state index >= 15 is 0 Å². The zero-order valence-electron chi connectivity index (χ0n) is 12.6. The molecule has 0 aromatic carbocycles. The average Bonchev–Trinajstić information content (AvgIpc) is 2.37. The third-order valence-electron chi connectivity index (χ3n) is 5.65. The fourth-order valence-corrected chi connectivity index (χ4v) is 4.62. The maximum absolute atomic E-state index is 2.31. The average molecular weight is 248 g/mol. The van der Waals surface area contributed by atoms with E-state index in [0.717, 1.165) is 18.3 Å². The second-order valence-electron chi connectivity index (χ2n) is 6.96. The molecule has 0 amide bonds. The first-order valence-corrected chi connectivity index (χ1v) is 8.92.